The van der Waals surface area contributed by atoms with Gasteiger partial charge in [-0.3, -0.25) is 10.2 Å². The Morgan fingerprint density at radius 2 is 2.00 bits per heavy atom. The molecule has 5 heteroatoms. The molecule has 1 amide bonds. The second-order valence-electron chi connectivity index (χ2n) is 6.09. The van der Waals surface area contributed by atoms with Crippen LogP contribution < -0.4 is 11.2 Å². The molecule has 1 saturated carbocycles. The molecule has 1 aliphatic heterocycles. The van der Waals surface area contributed by atoms with E-state index in [1.54, 1.807) is 0 Å². The molecule has 0 bridgehead atoms. The van der Waals surface area contributed by atoms with Crippen molar-refractivity contribution in [1.82, 2.24) is 15.3 Å². The second kappa shape index (κ2) is 5.55. The minimum Gasteiger partial charge on any atom is -0.317 e. The number of hydrogen-bond acceptors (Lipinski definition) is 4. The van der Waals surface area contributed by atoms with Crippen LogP contribution in [0.25, 0.3) is 0 Å². The molecule has 0 aromatic heterocycles. The highest BCUT2D eigenvalue weighted by Gasteiger charge is 2.38. The first-order valence-corrected chi connectivity index (χ1v) is 7.03. The molecule has 0 radical (unpaired) electrons. The van der Waals surface area contributed by atoms with E-state index < -0.39 is 5.54 Å². The Morgan fingerprint density at radius 1 is 1.33 bits per heavy atom. The molecule has 104 valence electrons. The largest absolute Gasteiger partial charge is 0.317 e. The lowest BCUT2D eigenvalue weighted by molar-refractivity contribution is -0.134. The number of likely N-dealkylation sites (N-methyl/N-ethyl adjacent to an activating group) is 1. The molecule has 2 aliphatic rings. The quantitative estimate of drug-likeness (QED) is 0.737. The van der Waals surface area contributed by atoms with E-state index in [4.69, 9.17) is 5.73 Å². The van der Waals surface area contributed by atoms with Crippen molar-refractivity contribution in [3.63, 3.8) is 0 Å². The molecule has 1 heterocycles. The van der Waals surface area contributed by atoms with Crippen molar-refractivity contribution in [2.45, 2.75) is 38.1 Å². The van der Waals surface area contributed by atoms with Gasteiger partial charge in [0.25, 0.3) is 5.91 Å². The van der Waals surface area contributed by atoms with Gasteiger partial charge in [0, 0.05) is 26.2 Å². The average Bonchev–Trinajstić information content (AvgIpc) is 2.32. The molecule has 0 aromatic rings. The summed E-state index contributed by atoms with van der Waals surface area (Å²) >= 11 is 0. The third kappa shape index (κ3) is 3.22. The number of carbonyl (C=O) groups excluding carboxylic acids is 1. The van der Waals surface area contributed by atoms with Crippen LogP contribution >= 0.6 is 0 Å². The van der Waals surface area contributed by atoms with Crippen LogP contribution in [0.15, 0.2) is 0 Å². The Morgan fingerprint density at radius 3 is 2.61 bits per heavy atom. The van der Waals surface area contributed by atoms with E-state index in [2.05, 4.69) is 24.3 Å². The summed E-state index contributed by atoms with van der Waals surface area (Å²) < 4.78 is 0. The van der Waals surface area contributed by atoms with Crippen molar-refractivity contribution < 1.29 is 4.79 Å². The van der Waals surface area contributed by atoms with Crippen molar-refractivity contribution >= 4 is 5.91 Å². The Balaban J connectivity index is 1.87. The number of nitrogens with zero attached hydrogens (tertiary/aromatic N) is 2. The van der Waals surface area contributed by atoms with E-state index >= 15 is 0 Å². The highest BCUT2D eigenvalue weighted by atomic mass is 16.2. The highest BCUT2D eigenvalue weighted by Crippen LogP contribution is 2.30. The zero-order valence-corrected chi connectivity index (χ0v) is 11.6. The fourth-order valence-corrected chi connectivity index (χ4v) is 2.97. The summed E-state index contributed by atoms with van der Waals surface area (Å²) in [6.07, 6.45) is 3.89. The molecule has 0 spiro atoms. The summed E-state index contributed by atoms with van der Waals surface area (Å²) in [4.78, 5) is 14.6. The lowest BCUT2D eigenvalue weighted by Gasteiger charge is -2.39. The van der Waals surface area contributed by atoms with E-state index in [-0.39, 0.29) is 5.91 Å². The number of piperazine rings is 1. The number of amides is 1. The van der Waals surface area contributed by atoms with Gasteiger partial charge in [-0.1, -0.05) is 19.8 Å². The van der Waals surface area contributed by atoms with Gasteiger partial charge in [0.15, 0.2) is 0 Å². The van der Waals surface area contributed by atoms with Gasteiger partial charge in [0.1, 0.15) is 0 Å². The molecular formula is C13H26N4O. The van der Waals surface area contributed by atoms with Gasteiger partial charge in [0.2, 0.25) is 0 Å². The Kier molecular flexibility index (Phi) is 4.25. The van der Waals surface area contributed by atoms with Crippen LogP contribution in [0, 0.1) is 5.92 Å². The topological polar surface area (TPSA) is 61.6 Å². The Labute approximate surface area is 110 Å². The first kappa shape index (κ1) is 13.8. The zero-order valence-electron chi connectivity index (χ0n) is 11.6. The standard InChI is InChI=1S/C13H26N4O/c1-11-4-3-5-13(14,10-11)12(18)15-17-8-6-16(2)7-9-17/h11H,3-10,14H2,1-2H3,(H,15,18). The molecule has 1 saturated heterocycles. The monoisotopic (exact) mass is 254 g/mol. The zero-order chi connectivity index (χ0) is 13.2. The Hall–Kier alpha value is -0.650. The molecule has 5 nitrogen and oxygen atoms in total. The fourth-order valence-electron chi connectivity index (χ4n) is 2.97. The van der Waals surface area contributed by atoms with E-state index in [1.165, 1.54) is 6.42 Å². The average molecular weight is 254 g/mol. The SMILES string of the molecule is CC1CCCC(N)(C(=O)NN2CCN(C)CC2)C1. The van der Waals surface area contributed by atoms with Crippen molar-refractivity contribution in [1.29, 1.82) is 0 Å². The molecule has 2 unspecified atom stereocenters. The predicted octanol–water partition coefficient (Wildman–Crippen LogP) is 0.173. The first-order valence-electron chi connectivity index (χ1n) is 7.03. The van der Waals surface area contributed by atoms with Gasteiger partial charge in [0.05, 0.1) is 5.54 Å². The van der Waals surface area contributed by atoms with Crippen LogP contribution in [0.4, 0.5) is 0 Å². The van der Waals surface area contributed by atoms with Gasteiger partial charge in [-0.2, -0.15) is 0 Å². The third-order valence-corrected chi connectivity index (χ3v) is 4.25. The minimum atomic E-state index is -0.652. The number of nitrogens with one attached hydrogen (secondary N) is 1. The lowest BCUT2D eigenvalue weighted by atomic mass is 9.76. The third-order valence-electron chi connectivity index (χ3n) is 4.25. The van der Waals surface area contributed by atoms with E-state index in [1.807, 2.05) is 5.01 Å². The van der Waals surface area contributed by atoms with Crippen LogP contribution in [0.2, 0.25) is 0 Å². The van der Waals surface area contributed by atoms with Gasteiger partial charge in [-0.25, -0.2) is 5.01 Å². The van der Waals surface area contributed by atoms with Crippen LogP contribution in [0.5, 0.6) is 0 Å². The summed E-state index contributed by atoms with van der Waals surface area (Å²) in [7, 11) is 2.10. The van der Waals surface area contributed by atoms with Gasteiger partial charge >= 0.3 is 0 Å². The van der Waals surface area contributed by atoms with Crippen LogP contribution in [0.1, 0.15) is 32.6 Å². The van der Waals surface area contributed by atoms with Gasteiger partial charge < -0.3 is 10.6 Å². The van der Waals surface area contributed by atoms with Crippen LogP contribution in [-0.4, -0.2) is 54.6 Å². The van der Waals surface area contributed by atoms with Crippen LogP contribution in [-0.2, 0) is 4.79 Å². The van der Waals surface area contributed by atoms with Gasteiger partial charge in [-0.05, 0) is 25.8 Å². The highest BCUT2D eigenvalue weighted by molar-refractivity contribution is 5.85. The maximum Gasteiger partial charge on any atom is 0.254 e. The van der Waals surface area contributed by atoms with E-state index in [0.29, 0.717) is 5.92 Å². The predicted molar refractivity (Wildman–Crippen MR) is 71.8 cm³/mol. The van der Waals surface area contributed by atoms with Gasteiger partial charge in [-0.15, -0.1) is 0 Å². The summed E-state index contributed by atoms with van der Waals surface area (Å²) in [5.41, 5.74) is 8.65. The van der Waals surface area contributed by atoms with E-state index in [0.717, 1.165) is 45.4 Å². The number of hydrogen-bond donors (Lipinski definition) is 2. The number of hydrazine groups is 1. The summed E-state index contributed by atoms with van der Waals surface area (Å²) in [6.45, 7) is 5.94. The number of carbonyl (C=O) groups is 1. The molecule has 2 rings (SSSR count). The minimum absolute atomic E-state index is 0.0126. The normalized spacial score (nSPS) is 35.4. The summed E-state index contributed by atoms with van der Waals surface area (Å²) in [5.74, 6) is 0.570. The van der Waals surface area contributed by atoms with Crippen molar-refractivity contribution in [2.24, 2.45) is 11.7 Å². The van der Waals surface area contributed by atoms with Crippen LogP contribution in [0.3, 0.4) is 0 Å². The lowest BCUT2D eigenvalue weighted by Crippen LogP contribution is -2.62. The van der Waals surface area contributed by atoms with Crippen molar-refractivity contribution in [3.05, 3.63) is 0 Å². The van der Waals surface area contributed by atoms with Crippen molar-refractivity contribution in [2.75, 3.05) is 33.2 Å². The summed E-state index contributed by atoms with van der Waals surface area (Å²) in [6, 6.07) is 0. The second-order valence-corrected chi connectivity index (χ2v) is 6.09. The Bertz CT molecular complexity index is 301. The maximum atomic E-state index is 12.3. The molecule has 1 aliphatic carbocycles. The van der Waals surface area contributed by atoms with E-state index in [9.17, 15) is 4.79 Å². The molecule has 2 atom stereocenters. The molecule has 2 fully saturated rings. The van der Waals surface area contributed by atoms with Crippen molar-refractivity contribution in [3.8, 4) is 0 Å². The molecule has 0 aromatic carbocycles. The number of rotatable bonds is 2. The fraction of sp³-hybridized carbons (Fsp3) is 0.923. The summed E-state index contributed by atoms with van der Waals surface area (Å²) in [5, 5.41) is 2.01. The molecule has 3 N–H and O–H groups in total. The molecule has 18 heavy (non-hydrogen) atoms. The smallest absolute Gasteiger partial charge is 0.254 e. The first-order chi connectivity index (χ1) is 8.49. The molecular weight excluding hydrogens is 228 g/mol. The maximum absolute atomic E-state index is 12.3. The number of nitrogens with two attached hydrogens (primary N) is 1.